The van der Waals surface area contributed by atoms with E-state index in [4.69, 9.17) is 10.5 Å². The Balaban J connectivity index is 1.96. The summed E-state index contributed by atoms with van der Waals surface area (Å²) in [6.45, 7) is 7.68. The van der Waals surface area contributed by atoms with E-state index in [9.17, 15) is 9.59 Å². The summed E-state index contributed by atoms with van der Waals surface area (Å²) in [6, 6.07) is 1.47. The van der Waals surface area contributed by atoms with E-state index in [1.54, 1.807) is 4.90 Å². The van der Waals surface area contributed by atoms with E-state index >= 15 is 0 Å². The number of ether oxygens (including phenoxy) is 1. The fourth-order valence-corrected chi connectivity index (χ4v) is 2.05. The predicted molar refractivity (Wildman–Crippen MR) is 80.6 cm³/mol. The second-order valence-corrected chi connectivity index (χ2v) is 6.06. The van der Waals surface area contributed by atoms with Crippen molar-refractivity contribution in [2.24, 2.45) is 5.73 Å². The average molecular weight is 307 g/mol. The van der Waals surface area contributed by atoms with Gasteiger partial charge in [0.15, 0.2) is 0 Å². The van der Waals surface area contributed by atoms with Gasteiger partial charge in [0.05, 0.1) is 0 Å². The van der Waals surface area contributed by atoms with Crippen LogP contribution >= 0.6 is 0 Å². The first-order valence-electron chi connectivity index (χ1n) is 7.12. The highest BCUT2D eigenvalue weighted by Crippen LogP contribution is 2.14. The fourth-order valence-electron chi connectivity index (χ4n) is 2.05. The molecule has 8 nitrogen and oxygen atoms in total. The van der Waals surface area contributed by atoms with Crippen LogP contribution in [0.3, 0.4) is 0 Å². The predicted octanol–water partition coefficient (Wildman–Crippen LogP) is 0.633. The molecule has 8 heteroatoms. The third-order valence-corrected chi connectivity index (χ3v) is 3.11. The van der Waals surface area contributed by atoms with E-state index in [1.165, 1.54) is 12.3 Å². The Kier molecular flexibility index (Phi) is 4.48. The zero-order valence-electron chi connectivity index (χ0n) is 13.1. The molecule has 0 radical (unpaired) electrons. The number of aromatic nitrogens is 2. The van der Waals surface area contributed by atoms with Crippen LogP contribution in [0, 0.1) is 0 Å². The van der Waals surface area contributed by atoms with Gasteiger partial charge in [0.25, 0.3) is 5.91 Å². The van der Waals surface area contributed by atoms with Gasteiger partial charge in [-0.25, -0.2) is 14.8 Å². The quantitative estimate of drug-likeness (QED) is 0.860. The monoisotopic (exact) mass is 307 g/mol. The van der Waals surface area contributed by atoms with Crippen LogP contribution in [0.15, 0.2) is 12.3 Å². The van der Waals surface area contributed by atoms with Crippen LogP contribution in [-0.4, -0.2) is 58.6 Å². The number of primary amides is 1. The molecule has 0 saturated carbocycles. The average Bonchev–Trinajstić information content (AvgIpc) is 2.46. The van der Waals surface area contributed by atoms with Crippen LogP contribution in [0.2, 0.25) is 0 Å². The summed E-state index contributed by atoms with van der Waals surface area (Å²) >= 11 is 0. The molecule has 22 heavy (non-hydrogen) atoms. The maximum absolute atomic E-state index is 12.0. The topological polar surface area (TPSA) is 102 Å². The summed E-state index contributed by atoms with van der Waals surface area (Å²) in [5.74, 6) is -0.142. The molecule has 2 N–H and O–H groups in total. The van der Waals surface area contributed by atoms with Crippen molar-refractivity contribution in [1.82, 2.24) is 14.9 Å². The SMILES string of the molecule is CC(C)(C)OC(=O)N1CCN(c2nccc(C(N)=O)n2)CC1. The van der Waals surface area contributed by atoms with Gasteiger partial charge < -0.3 is 20.3 Å². The molecule has 1 saturated heterocycles. The Morgan fingerprint density at radius 1 is 1.23 bits per heavy atom. The van der Waals surface area contributed by atoms with Crippen molar-refractivity contribution < 1.29 is 14.3 Å². The van der Waals surface area contributed by atoms with E-state index in [-0.39, 0.29) is 11.8 Å². The number of carbonyl (C=O) groups excluding carboxylic acids is 2. The maximum atomic E-state index is 12.0. The summed E-state index contributed by atoms with van der Waals surface area (Å²) in [6.07, 6.45) is 1.18. The van der Waals surface area contributed by atoms with Crippen molar-refractivity contribution in [3.05, 3.63) is 18.0 Å². The van der Waals surface area contributed by atoms with E-state index in [0.29, 0.717) is 32.1 Å². The smallest absolute Gasteiger partial charge is 0.410 e. The number of nitrogens with zero attached hydrogens (tertiary/aromatic N) is 4. The Hall–Kier alpha value is -2.38. The lowest BCUT2D eigenvalue weighted by Gasteiger charge is -2.35. The number of piperazine rings is 1. The molecule has 1 aliphatic heterocycles. The van der Waals surface area contributed by atoms with Crippen LogP contribution in [0.25, 0.3) is 0 Å². The van der Waals surface area contributed by atoms with Crippen LogP contribution in [0.5, 0.6) is 0 Å². The minimum atomic E-state index is -0.587. The van der Waals surface area contributed by atoms with Gasteiger partial charge >= 0.3 is 6.09 Å². The molecule has 1 aromatic rings. The third kappa shape index (κ3) is 4.06. The molecule has 0 unspecified atom stereocenters. The first kappa shape index (κ1) is 16.0. The summed E-state index contributed by atoms with van der Waals surface area (Å²) in [5, 5.41) is 0. The van der Waals surface area contributed by atoms with Gasteiger partial charge in [-0.3, -0.25) is 4.79 Å². The van der Waals surface area contributed by atoms with Crippen molar-refractivity contribution in [3.8, 4) is 0 Å². The van der Waals surface area contributed by atoms with Crippen molar-refractivity contribution in [2.45, 2.75) is 26.4 Å². The number of rotatable bonds is 2. The van der Waals surface area contributed by atoms with Gasteiger partial charge in [0.1, 0.15) is 11.3 Å². The Bertz CT molecular complexity index is 562. The molecule has 0 bridgehead atoms. The first-order valence-corrected chi connectivity index (χ1v) is 7.12. The van der Waals surface area contributed by atoms with E-state index in [0.717, 1.165) is 0 Å². The van der Waals surface area contributed by atoms with Crippen molar-refractivity contribution in [2.75, 3.05) is 31.1 Å². The molecule has 0 aromatic carbocycles. The molecule has 1 aliphatic rings. The highest BCUT2D eigenvalue weighted by molar-refractivity contribution is 5.90. The highest BCUT2D eigenvalue weighted by Gasteiger charge is 2.26. The highest BCUT2D eigenvalue weighted by atomic mass is 16.6. The van der Waals surface area contributed by atoms with Crippen LogP contribution < -0.4 is 10.6 Å². The molecule has 1 fully saturated rings. The number of amides is 2. The lowest BCUT2D eigenvalue weighted by atomic mass is 10.2. The zero-order valence-corrected chi connectivity index (χ0v) is 13.1. The minimum Gasteiger partial charge on any atom is -0.444 e. The number of carbonyl (C=O) groups is 2. The van der Waals surface area contributed by atoms with Gasteiger partial charge in [-0.1, -0.05) is 0 Å². The van der Waals surface area contributed by atoms with Crippen LogP contribution in [0.1, 0.15) is 31.3 Å². The number of hydrogen-bond acceptors (Lipinski definition) is 6. The molecule has 120 valence electrons. The molecule has 0 atom stereocenters. The second kappa shape index (κ2) is 6.17. The van der Waals surface area contributed by atoms with E-state index < -0.39 is 11.5 Å². The number of anilines is 1. The van der Waals surface area contributed by atoms with Gasteiger partial charge in [-0.15, -0.1) is 0 Å². The van der Waals surface area contributed by atoms with E-state index in [2.05, 4.69) is 9.97 Å². The molecular weight excluding hydrogens is 286 g/mol. The largest absolute Gasteiger partial charge is 0.444 e. The first-order chi connectivity index (χ1) is 10.3. The summed E-state index contributed by atoms with van der Waals surface area (Å²) in [5.41, 5.74) is 4.89. The van der Waals surface area contributed by atoms with Crippen molar-refractivity contribution >= 4 is 17.9 Å². The number of hydrogen-bond donors (Lipinski definition) is 1. The van der Waals surface area contributed by atoms with Gasteiger partial charge in [-0.2, -0.15) is 0 Å². The number of nitrogens with two attached hydrogens (primary N) is 1. The van der Waals surface area contributed by atoms with Gasteiger partial charge in [0, 0.05) is 32.4 Å². The normalized spacial score (nSPS) is 15.6. The minimum absolute atomic E-state index is 0.180. The molecule has 2 rings (SSSR count). The van der Waals surface area contributed by atoms with Crippen LogP contribution in [0.4, 0.5) is 10.7 Å². The molecule has 2 heterocycles. The summed E-state index contributed by atoms with van der Waals surface area (Å²) < 4.78 is 5.34. The summed E-state index contributed by atoms with van der Waals surface area (Å²) in [7, 11) is 0. The zero-order chi connectivity index (χ0) is 16.3. The Morgan fingerprint density at radius 3 is 2.41 bits per heavy atom. The maximum Gasteiger partial charge on any atom is 0.410 e. The fraction of sp³-hybridized carbons (Fsp3) is 0.571. The Morgan fingerprint density at radius 2 is 1.86 bits per heavy atom. The molecule has 2 amide bonds. The Labute approximate surface area is 129 Å². The lowest BCUT2D eigenvalue weighted by Crippen LogP contribution is -2.50. The molecule has 0 aliphatic carbocycles. The molecular formula is C14H21N5O3. The van der Waals surface area contributed by atoms with Crippen LogP contribution in [-0.2, 0) is 4.74 Å². The summed E-state index contributed by atoms with van der Waals surface area (Å²) in [4.78, 5) is 35.0. The third-order valence-electron chi connectivity index (χ3n) is 3.11. The molecule has 0 spiro atoms. The molecule has 1 aromatic heterocycles. The van der Waals surface area contributed by atoms with Gasteiger partial charge in [-0.05, 0) is 26.8 Å². The standard InChI is InChI=1S/C14H21N5O3/c1-14(2,3)22-13(21)19-8-6-18(7-9-19)12-16-5-4-10(17-12)11(15)20/h4-5H,6-9H2,1-3H3,(H2,15,20). The van der Waals surface area contributed by atoms with Crippen molar-refractivity contribution in [3.63, 3.8) is 0 Å². The van der Waals surface area contributed by atoms with Gasteiger partial charge in [0.2, 0.25) is 5.95 Å². The lowest BCUT2D eigenvalue weighted by molar-refractivity contribution is 0.0240. The second-order valence-electron chi connectivity index (χ2n) is 6.06. The van der Waals surface area contributed by atoms with Crippen molar-refractivity contribution in [1.29, 1.82) is 0 Å². The van der Waals surface area contributed by atoms with E-state index in [1.807, 2.05) is 25.7 Å².